The van der Waals surface area contributed by atoms with Crippen LogP contribution in [0.1, 0.15) is 35.6 Å². The molecule has 0 saturated carbocycles. The largest absolute Gasteiger partial charge is 0.502 e. The van der Waals surface area contributed by atoms with Gasteiger partial charge in [-0.3, -0.25) is 0 Å². The second-order valence-electron chi connectivity index (χ2n) is 6.51. The molecule has 5 aromatic rings. The van der Waals surface area contributed by atoms with Gasteiger partial charge in [0.2, 0.25) is 5.88 Å². The third-order valence-electron chi connectivity index (χ3n) is 4.82. The Morgan fingerprint density at radius 1 is 1.07 bits per heavy atom. The number of hydrogen-bond donors (Lipinski definition) is 0. The molecule has 0 bridgehead atoms. The number of halogens is 1. The number of benzene rings is 2. The van der Waals surface area contributed by atoms with Gasteiger partial charge in [-0.1, -0.05) is 47.4 Å². The summed E-state index contributed by atoms with van der Waals surface area (Å²) in [6, 6.07) is 17.2. The smallest absolute Gasteiger partial charge is 0.244 e. The first-order valence-corrected chi connectivity index (χ1v) is 8.86. The molecule has 0 fully saturated rings. The van der Waals surface area contributed by atoms with Crippen molar-refractivity contribution in [3.8, 4) is 5.88 Å². The van der Waals surface area contributed by atoms with Gasteiger partial charge in [0, 0.05) is 25.5 Å². The van der Waals surface area contributed by atoms with Gasteiger partial charge in [-0.05, 0) is 35.5 Å². The fraction of sp³-hybridized carbons (Fsp3) is 0.240. The molecule has 1 radical (unpaired) electrons. The Labute approximate surface area is 191 Å². The van der Waals surface area contributed by atoms with Crippen LogP contribution in [0.3, 0.4) is 0 Å². The summed E-state index contributed by atoms with van der Waals surface area (Å²) in [5.74, 6) is 0.558. The van der Waals surface area contributed by atoms with Crippen LogP contribution in [-0.4, -0.2) is 11.0 Å². The molecule has 0 aliphatic carbocycles. The summed E-state index contributed by atoms with van der Waals surface area (Å²) in [4.78, 5) is 0. The van der Waals surface area contributed by atoms with E-state index in [1.807, 2.05) is 48.8 Å². The van der Waals surface area contributed by atoms with E-state index in [-0.39, 0.29) is 48.2 Å². The van der Waals surface area contributed by atoms with E-state index in [9.17, 15) is 4.39 Å². The van der Waals surface area contributed by atoms with Crippen molar-refractivity contribution in [1.29, 1.82) is 0 Å². The minimum absolute atomic E-state index is 0. The van der Waals surface area contributed by atoms with E-state index >= 15 is 0 Å². The van der Waals surface area contributed by atoms with Crippen molar-refractivity contribution in [3.05, 3.63) is 72.8 Å². The van der Waals surface area contributed by atoms with Gasteiger partial charge in [0.15, 0.2) is 5.65 Å². The average molecular weight is 586 g/mol. The van der Waals surface area contributed by atoms with Crippen LogP contribution in [-0.2, 0) is 20.1 Å². The number of fused-ring (bicyclic) bond motifs is 3. The normalized spacial score (nSPS) is 10.2. The Morgan fingerprint density at radius 2 is 1.83 bits per heavy atom. The van der Waals surface area contributed by atoms with Gasteiger partial charge in [-0.25, -0.2) is 14.9 Å². The molecule has 0 N–H and O–H groups in total. The molecule has 0 unspecified atom stereocenters. The molecule has 3 nitrogen and oxygen atoms in total. The minimum atomic E-state index is -0.225. The minimum Gasteiger partial charge on any atom is -0.502 e. The van der Waals surface area contributed by atoms with E-state index in [1.54, 1.807) is 12.1 Å². The molecule has 5 rings (SSSR count). The standard InChI is InChI=1S/C22H18FN2O.3CH4.Ir/c1-2-11-26-20-14-25-19-9-4-3-8-17(19)18-13-16(23)12-15-7-5-6-10-24(20)22(25)21(15)18;;;;/h3-10,12-14H,2,11H2,1H3;3*1H4;/q-1;;;;. The molecule has 0 spiro atoms. The van der Waals surface area contributed by atoms with Gasteiger partial charge in [-0.15, -0.1) is 11.5 Å². The van der Waals surface area contributed by atoms with E-state index in [2.05, 4.69) is 21.8 Å². The van der Waals surface area contributed by atoms with Crippen LogP contribution in [0.5, 0.6) is 5.88 Å². The van der Waals surface area contributed by atoms with Crippen molar-refractivity contribution in [3.63, 3.8) is 0 Å². The van der Waals surface area contributed by atoms with Crippen molar-refractivity contribution in [2.75, 3.05) is 6.61 Å². The summed E-state index contributed by atoms with van der Waals surface area (Å²) >= 11 is 0. The van der Waals surface area contributed by atoms with E-state index in [1.165, 1.54) is 0 Å². The van der Waals surface area contributed by atoms with Crippen LogP contribution >= 0.6 is 0 Å². The summed E-state index contributed by atoms with van der Waals surface area (Å²) < 4.78 is 24.5. The van der Waals surface area contributed by atoms with E-state index in [0.29, 0.717) is 6.61 Å². The summed E-state index contributed by atoms with van der Waals surface area (Å²) in [5, 5.41) is 3.83. The summed E-state index contributed by atoms with van der Waals surface area (Å²) in [6.45, 7) is 2.74. The second kappa shape index (κ2) is 10.0. The molecule has 0 atom stereocenters. The summed E-state index contributed by atoms with van der Waals surface area (Å²) in [6.07, 6.45) is 4.96. The zero-order valence-electron chi connectivity index (χ0n) is 14.8. The molecule has 0 amide bonds. The van der Waals surface area contributed by atoms with Crippen LogP contribution in [0.4, 0.5) is 4.39 Å². The van der Waals surface area contributed by atoms with Crippen molar-refractivity contribution in [2.45, 2.75) is 35.6 Å². The third-order valence-corrected chi connectivity index (χ3v) is 4.82. The van der Waals surface area contributed by atoms with Gasteiger partial charge in [0.05, 0.1) is 12.4 Å². The number of aromatic nitrogens is 2. The first-order chi connectivity index (χ1) is 12.8. The predicted octanol–water partition coefficient (Wildman–Crippen LogP) is 6.82. The number of imidazole rings is 1. The van der Waals surface area contributed by atoms with Gasteiger partial charge in [-0.2, -0.15) is 12.1 Å². The maximum Gasteiger partial charge on any atom is 0.244 e. The molecule has 0 aliphatic rings. The van der Waals surface area contributed by atoms with Crippen molar-refractivity contribution in [1.82, 2.24) is 4.40 Å². The Kier molecular flexibility index (Phi) is 8.53. The Morgan fingerprint density at radius 3 is 2.60 bits per heavy atom. The van der Waals surface area contributed by atoms with E-state index < -0.39 is 0 Å². The average Bonchev–Trinajstić information content (AvgIpc) is 2.99. The topological polar surface area (TPSA) is 17.7 Å². The molecule has 3 heterocycles. The SMILES string of the molecule is C.C.C.CCCOc1cn2c3ccccc3c3cc(F)cc4[cH-]cc[cH-][n+]1c2c43.[Ir]. The molecule has 30 heavy (non-hydrogen) atoms. The first kappa shape index (κ1) is 25.5. The summed E-state index contributed by atoms with van der Waals surface area (Å²) in [5.41, 5.74) is 2.02. The molecular formula is C25H30FIrN2O-. The maximum atomic E-state index is 14.3. The number of ether oxygens (including phenoxy) is 1. The van der Waals surface area contributed by atoms with Crippen LogP contribution < -0.4 is 9.14 Å². The molecule has 5 heteroatoms. The van der Waals surface area contributed by atoms with E-state index in [0.717, 1.165) is 45.0 Å². The van der Waals surface area contributed by atoms with Crippen molar-refractivity contribution >= 4 is 32.7 Å². The predicted molar refractivity (Wildman–Crippen MR) is 122 cm³/mol. The second-order valence-corrected chi connectivity index (χ2v) is 6.51. The molecular weight excluding hydrogens is 556 g/mol. The molecule has 2 aromatic carbocycles. The van der Waals surface area contributed by atoms with Crippen LogP contribution in [0.15, 0.2) is 67.0 Å². The van der Waals surface area contributed by atoms with Crippen molar-refractivity contribution in [2.24, 2.45) is 0 Å². The fourth-order valence-corrected chi connectivity index (χ4v) is 3.76. The monoisotopic (exact) mass is 586 g/mol. The third kappa shape index (κ3) is 3.80. The molecule has 3 aromatic heterocycles. The molecule has 0 aliphatic heterocycles. The number of para-hydroxylation sites is 1. The fourth-order valence-electron chi connectivity index (χ4n) is 3.76. The van der Waals surface area contributed by atoms with Crippen LogP contribution in [0.2, 0.25) is 0 Å². The molecule has 0 saturated heterocycles. The number of pyridine rings is 1. The maximum absolute atomic E-state index is 14.3. The quantitative estimate of drug-likeness (QED) is 0.129. The summed E-state index contributed by atoms with van der Waals surface area (Å²) in [7, 11) is 0. The Hall–Kier alpha value is -2.49. The van der Waals surface area contributed by atoms with Gasteiger partial charge >= 0.3 is 0 Å². The number of hydrogen-bond acceptors (Lipinski definition) is 1. The van der Waals surface area contributed by atoms with Gasteiger partial charge in [0.1, 0.15) is 11.7 Å². The Bertz CT molecular complexity index is 1300. The first-order valence-electron chi connectivity index (χ1n) is 8.86. The van der Waals surface area contributed by atoms with Gasteiger partial charge in [0.25, 0.3) is 0 Å². The zero-order chi connectivity index (χ0) is 17.7. The van der Waals surface area contributed by atoms with E-state index in [4.69, 9.17) is 4.74 Å². The Balaban J connectivity index is 0.00000112. The van der Waals surface area contributed by atoms with Crippen LogP contribution in [0.25, 0.3) is 32.7 Å². The zero-order valence-corrected chi connectivity index (χ0v) is 17.2. The van der Waals surface area contributed by atoms with Gasteiger partial charge < -0.3 is 9.14 Å². The number of nitrogens with zero attached hydrogens (tertiary/aromatic N) is 2. The van der Waals surface area contributed by atoms with Crippen LogP contribution in [0, 0.1) is 5.82 Å². The number of rotatable bonds is 3. The van der Waals surface area contributed by atoms with Crippen molar-refractivity contribution < 1.29 is 33.6 Å². The molecule has 163 valence electrons.